The number of ether oxygens (including phenoxy) is 3. The van der Waals surface area contributed by atoms with Crippen LogP contribution < -0.4 is 20.5 Å². The van der Waals surface area contributed by atoms with Gasteiger partial charge in [-0.15, -0.1) is 0 Å². The Morgan fingerprint density at radius 1 is 0.782 bits per heavy atom. The highest BCUT2D eigenvalue weighted by Crippen LogP contribution is 2.42. The number of nitrogens with two attached hydrogens (primary N) is 1. The summed E-state index contributed by atoms with van der Waals surface area (Å²) in [4.78, 5) is 30.2. The summed E-state index contributed by atoms with van der Waals surface area (Å²) in [5, 5.41) is 3.59. The molecule has 0 saturated carbocycles. The van der Waals surface area contributed by atoms with Crippen LogP contribution in [0.2, 0.25) is 0 Å². The molecule has 6 aromatic rings. The number of amides is 1. The topological polar surface area (TPSA) is 116 Å². The van der Waals surface area contributed by atoms with Gasteiger partial charge in [0.2, 0.25) is 0 Å². The Morgan fingerprint density at radius 3 is 2.07 bits per heavy atom. The molecule has 284 valence electrons. The van der Waals surface area contributed by atoms with Crippen LogP contribution in [0.1, 0.15) is 66.5 Å². The van der Waals surface area contributed by atoms with E-state index in [0.717, 1.165) is 67.7 Å². The first-order chi connectivity index (χ1) is 26.6. The fraction of sp³-hybridized carbons (Fsp3) is 0.277. The number of benzene rings is 5. The summed E-state index contributed by atoms with van der Waals surface area (Å²) in [6.45, 7) is 9.28. The van der Waals surface area contributed by atoms with E-state index < -0.39 is 17.6 Å². The van der Waals surface area contributed by atoms with Crippen molar-refractivity contribution in [2.75, 3.05) is 6.54 Å². The van der Waals surface area contributed by atoms with Crippen LogP contribution in [0.3, 0.4) is 0 Å². The third kappa shape index (κ3) is 10.4. The zero-order valence-corrected chi connectivity index (χ0v) is 32.2. The summed E-state index contributed by atoms with van der Waals surface area (Å²) in [7, 11) is 0. The molecule has 0 aliphatic rings. The minimum absolute atomic E-state index is 0.173. The summed E-state index contributed by atoms with van der Waals surface area (Å²) in [6, 6.07) is 39.7. The molecular formula is C47H51N3O5. The van der Waals surface area contributed by atoms with E-state index in [1.54, 1.807) is 6.07 Å². The normalized spacial score (nSPS) is 12.8. The highest BCUT2D eigenvalue weighted by Gasteiger charge is 2.35. The average molecular weight is 738 g/mol. The molecule has 2 atom stereocenters. The van der Waals surface area contributed by atoms with Crippen LogP contribution in [0.15, 0.2) is 121 Å². The molecule has 1 aromatic heterocycles. The zero-order chi connectivity index (χ0) is 38.8. The van der Waals surface area contributed by atoms with Crippen LogP contribution in [-0.2, 0) is 34.7 Å². The van der Waals surface area contributed by atoms with Crippen LogP contribution in [0.4, 0.5) is 4.79 Å². The molecule has 4 N–H and O–H groups in total. The summed E-state index contributed by atoms with van der Waals surface area (Å²) < 4.78 is 17.7. The van der Waals surface area contributed by atoms with Gasteiger partial charge < -0.3 is 30.2 Å². The van der Waals surface area contributed by atoms with E-state index in [2.05, 4.69) is 42.3 Å². The molecule has 5 aromatic carbocycles. The first kappa shape index (κ1) is 38.9. The second kappa shape index (κ2) is 18.0. The van der Waals surface area contributed by atoms with Gasteiger partial charge >= 0.3 is 12.1 Å². The molecule has 8 nitrogen and oxygen atoms in total. The van der Waals surface area contributed by atoms with Crippen LogP contribution in [0, 0.1) is 19.8 Å². The number of aryl methyl sites for hydroxylation is 3. The second-order valence-corrected chi connectivity index (χ2v) is 14.6. The van der Waals surface area contributed by atoms with Crippen LogP contribution in [0.25, 0.3) is 22.2 Å². The minimum Gasteiger partial charge on any atom is -0.489 e. The lowest BCUT2D eigenvalue weighted by Gasteiger charge is -2.30. The number of H-pyrrole nitrogens is 1. The van der Waals surface area contributed by atoms with Crippen molar-refractivity contribution in [3.63, 3.8) is 0 Å². The lowest BCUT2D eigenvalue weighted by atomic mass is 9.79. The molecule has 0 fully saturated rings. The number of hydrogen-bond acceptors (Lipinski definition) is 6. The van der Waals surface area contributed by atoms with E-state index in [0.29, 0.717) is 38.2 Å². The number of carbonyl (C=O) groups is 2. The first-order valence-electron chi connectivity index (χ1n) is 19.0. The Balaban J connectivity index is 1.30. The largest absolute Gasteiger partial charge is 0.489 e. The summed E-state index contributed by atoms with van der Waals surface area (Å²) in [6.07, 6.45) is 1.76. The monoisotopic (exact) mass is 737 g/mol. The van der Waals surface area contributed by atoms with Gasteiger partial charge in [-0.25, -0.2) is 4.79 Å². The smallest absolute Gasteiger partial charge is 0.412 e. The number of carbonyl (C=O) groups excluding carboxylic acids is 2. The fourth-order valence-electron chi connectivity index (χ4n) is 7.13. The molecule has 0 saturated heterocycles. The Kier molecular flexibility index (Phi) is 12.7. The summed E-state index contributed by atoms with van der Waals surface area (Å²) in [5.74, 6) is 0.362. The third-order valence-corrected chi connectivity index (χ3v) is 9.76. The van der Waals surface area contributed by atoms with Gasteiger partial charge in [0.05, 0.1) is 11.6 Å². The Bertz CT molecular complexity index is 2170. The van der Waals surface area contributed by atoms with Crippen molar-refractivity contribution in [2.24, 2.45) is 11.7 Å². The molecule has 2 unspecified atom stereocenters. The average Bonchev–Trinajstić information content (AvgIpc) is 3.58. The Labute approximate surface area is 324 Å². The van der Waals surface area contributed by atoms with Gasteiger partial charge in [0.15, 0.2) is 0 Å². The Hall–Kier alpha value is -5.86. The number of aromatic amines is 1. The van der Waals surface area contributed by atoms with Crippen LogP contribution >= 0.6 is 0 Å². The van der Waals surface area contributed by atoms with Crippen molar-refractivity contribution in [3.8, 4) is 22.8 Å². The van der Waals surface area contributed by atoms with E-state index in [4.69, 9.17) is 19.9 Å². The summed E-state index contributed by atoms with van der Waals surface area (Å²) >= 11 is 0. The van der Waals surface area contributed by atoms with Crippen molar-refractivity contribution in [1.29, 1.82) is 0 Å². The molecule has 8 heteroatoms. The maximum Gasteiger partial charge on any atom is 0.412 e. The highest BCUT2D eigenvalue weighted by molar-refractivity contribution is 5.93. The molecule has 0 aliphatic carbocycles. The molecular weight excluding hydrogens is 687 g/mol. The number of esters is 1. The molecule has 6 rings (SSSR count). The fourth-order valence-corrected chi connectivity index (χ4v) is 7.13. The predicted octanol–water partition coefficient (Wildman–Crippen LogP) is 10.1. The van der Waals surface area contributed by atoms with Crippen molar-refractivity contribution in [1.82, 2.24) is 10.3 Å². The molecule has 1 heterocycles. The molecule has 0 spiro atoms. The number of fused-ring (bicyclic) bond motifs is 1. The van der Waals surface area contributed by atoms with Gasteiger partial charge in [-0.05, 0) is 111 Å². The molecule has 0 aliphatic heterocycles. The van der Waals surface area contributed by atoms with E-state index in [1.807, 2.05) is 111 Å². The van der Waals surface area contributed by atoms with Crippen molar-refractivity contribution in [3.05, 3.63) is 155 Å². The third-order valence-electron chi connectivity index (χ3n) is 9.76. The number of aromatic nitrogens is 1. The van der Waals surface area contributed by atoms with Gasteiger partial charge in [-0.3, -0.25) is 4.79 Å². The highest BCUT2D eigenvalue weighted by atomic mass is 16.6. The second-order valence-electron chi connectivity index (χ2n) is 14.6. The van der Waals surface area contributed by atoms with Crippen LogP contribution in [0.5, 0.6) is 11.5 Å². The molecule has 0 radical (unpaired) electrons. The first-order valence-corrected chi connectivity index (χ1v) is 19.0. The Morgan fingerprint density at radius 2 is 1.42 bits per heavy atom. The molecule has 1 amide bonds. The number of nitrogens with one attached hydrogen (secondary N) is 2. The SMILES string of the molecule is CCCNC(=O)Oc1ccc2[nH]c(-c3cc(C)cc(C)c3)c(C(C)(N)CC(CCc3ccc(OCc4ccccc4)cc3)C(=O)OCc3ccccc3)c2c1. The number of hydrogen-bond donors (Lipinski definition) is 3. The minimum atomic E-state index is -1.01. The lowest BCUT2D eigenvalue weighted by molar-refractivity contribution is -0.151. The lowest BCUT2D eigenvalue weighted by Crippen LogP contribution is -2.38. The summed E-state index contributed by atoms with van der Waals surface area (Å²) in [5.41, 5.74) is 15.3. The van der Waals surface area contributed by atoms with Gasteiger partial charge in [-0.1, -0.05) is 96.9 Å². The standard InChI is InChI=1S/C47H51N3O5/c1-5-24-49-46(52)55-40-22-23-42-41(28-40)43(44(50-42)38-26-32(2)25-33(3)27-38)47(4,48)29-37(45(51)54-31-36-14-10-7-11-15-36)19-16-34-17-20-39(21-18-34)53-30-35-12-8-6-9-13-35/h6-15,17-18,20-23,25-28,37,50H,5,16,19,24,29-31,48H2,1-4H3,(H,49,52). The van der Waals surface area contributed by atoms with E-state index >= 15 is 0 Å². The van der Waals surface area contributed by atoms with Gasteiger partial charge in [0.25, 0.3) is 0 Å². The zero-order valence-electron chi connectivity index (χ0n) is 32.2. The van der Waals surface area contributed by atoms with Gasteiger partial charge in [0, 0.05) is 28.6 Å². The van der Waals surface area contributed by atoms with Crippen molar-refractivity contribution < 1.29 is 23.8 Å². The maximum atomic E-state index is 14.1. The van der Waals surface area contributed by atoms with Crippen molar-refractivity contribution >= 4 is 23.0 Å². The van der Waals surface area contributed by atoms with E-state index in [1.165, 1.54) is 0 Å². The number of rotatable bonds is 16. The van der Waals surface area contributed by atoms with E-state index in [9.17, 15) is 9.59 Å². The van der Waals surface area contributed by atoms with Gasteiger partial charge in [0.1, 0.15) is 24.7 Å². The van der Waals surface area contributed by atoms with Gasteiger partial charge in [-0.2, -0.15) is 0 Å². The molecule has 55 heavy (non-hydrogen) atoms. The quantitative estimate of drug-likeness (QED) is 0.0852. The maximum absolute atomic E-state index is 14.1. The van der Waals surface area contributed by atoms with Crippen LogP contribution in [-0.4, -0.2) is 23.6 Å². The predicted molar refractivity (Wildman–Crippen MR) is 219 cm³/mol. The molecule has 0 bridgehead atoms. The van der Waals surface area contributed by atoms with E-state index in [-0.39, 0.29) is 12.6 Å². The van der Waals surface area contributed by atoms with Crippen molar-refractivity contribution in [2.45, 2.75) is 72.1 Å².